The number of anilines is 3. The van der Waals surface area contributed by atoms with Crippen LogP contribution in [-0.4, -0.2) is 110 Å². The Bertz CT molecular complexity index is 1630. The third kappa shape index (κ3) is 6.95. The van der Waals surface area contributed by atoms with Gasteiger partial charge in [0, 0.05) is 64.8 Å². The van der Waals surface area contributed by atoms with E-state index in [1.807, 2.05) is 36.0 Å². The van der Waals surface area contributed by atoms with E-state index >= 15 is 4.39 Å². The Morgan fingerprint density at radius 3 is 2.56 bits per heavy atom. The zero-order valence-corrected chi connectivity index (χ0v) is 28.0. The SMILES string of the molecule is CN1CC(c2cc(F)cc(N3CCN(C)/C(=C\C4=CCCCC4)C3=O)c2CO)C=C(Nc2ccc(N3CCN(C)C(CF)C3)cn2)C1=O. The highest BCUT2D eigenvalue weighted by Gasteiger charge is 2.33. The van der Waals surface area contributed by atoms with Crippen molar-refractivity contribution in [2.75, 3.05) is 82.2 Å². The third-order valence-corrected chi connectivity index (χ3v) is 10.0. The van der Waals surface area contributed by atoms with Gasteiger partial charge in [0.05, 0.1) is 30.2 Å². The molecule has 0 bridgehead atoms. The number of amides is 2. The van der Waals surface area contributed by atoms with Gasteiger partial charge in [-0.15, -0.1) is 0 Å². The minimum absolute atomic E-state index is 0.173. The predicted octanol–water partition coefficient (Wildman–Crippen LogP) is 4.02. The first-order chi connectivity index (χ1) is 23.2. The van der Waals surface area contributed by atoms with Gasteiger partial charge in [-0.05, 0) is 80.3 Å². The molecule has 2 fully saturated rings. The number of nitrogens with zero attached hydrogens (tertiary/aromatic N) is 6. The Labute approximate surface area is 281 Å². The van der Waals surface area contributed by atoms with Crippen LogP contribution in [0.1, 0.15) is 42.7 Å². The van der Waals surface area contributed by atoms with Crippen LogP contribution in [0.2, 0.25) is 0 Å². The first-order valence-electron chi connectivity index (χ1n) is 16.7. The lowest BCUT2D eigenvalue weighted by Gasteiger charge is -2.39. The zero-order valence-electron chi connectivity index (χ0n) is 28.0. The molecule has 6 rings (SSSR count). The highest BCUT2D eigenvalue weighted by atomic mass is 19.1. The van der Waals surface area contributed by atoms with Crippen LogP contribution >= 0.6 is 0 Å². The van der Waals surface area contributed by atoms with Crippen molar-refractivity contribution in [2.24, 2.45) is 0 Å². The molecule has 2 saturated heterocycles. The number of rotatable bonds is 8. The summed E-state index contributed by atoms with van der Waals surface area (Å²) < 4.78 is 28.9. The summed E-state index contributed by atoms with van der Waals surface area (Å²) in [6.45, 7) is 2.42. The number of carbonyl (C=O) groups is 2. The average Bonchev–Trinajstić information content (AvgIpc) is 3.09. The van der Waals surface area contributed by atoms with E-state index in [0.29, 0.717) is 48.0 Å². The summed E-state index contributed by atoms with van der Waals surface area (Å²) in [5.74, 6) is -1.00. The maximum Gasteiger partial charge on any atom is 0.274 e. The smallest absolute Gasteiger partial charge is 0.274 e. The fraction of sp³-hybridized carbons (Fsp3) is 0.472. The van der Waals surface area contributed by atoms with E-state index < -0.39 is 25.0 Å². The van der Waals surface area contributed by atoms with Crippen molar-refractivity contribution in [3.05, 3.63) is 82.6 Å². The summed E-state index contributed by atoms with van der Waals surface area (Å²) in [5.41, 5.74) is 4.14. The van der Waals surface area contributed by atoms with E-state index in [-0.39, 0.29) is 30.1 Å². The topological polar surface area (TPSA) is 95.5 Å². The second-order valence-electron chi connectivity index (χ2n) is 13.2. The molecular weight excluding hydrogens is 616 g/mol. The van der Waals surface area contributed by atoms with Crippen LogP contribution in [0, 0.1) is 5.82 Å². The number of allylic oxidation sites excluding steroid dienone is 3. The van der Waals surface area contributed by atoms with Gasteiger partial charge in [-0.25, -0.2) is 13.8 Å². The Morgan fingerprint density at radius 2 is 1.85 bits per heavy atom. The van der Waals surface area contributed by atoms with Crippen molar-refractivity contribution in [1.29, 1.82) is 0 Å². The van der Waals surface area contributed by atoms with Gasteiger partial charge in [-0.3, -0.25) is 14.5 Å². The lowest BCUT2D eigenvalue weighted by atomic mass is 9.89. The number of pyridine rings is 1. The van der Waals surface area contributed by atoms with E-state index in [2.05, 4.69) is 21.3 Å². The van der Waals surface area contributed by atoms with E-state index in [4.69, 9.17) is 0 Å². The molecule has 2 amide bonds. The van der Waals surface area contributed by atoms with Crippen molar-refractivity contribution in [1.82, 2.24) is 19.7 Å². The fourth-order valence-electron chi connectivity index (χ4n) is 7.06. The highest BCUT2D eigenvalue weighted by molar-refractivity contribution is 6.07. The minimum atomic E-state index is -0.525. The molecule has 4 heterocycles. The molecule has 4 aliphatic rings. The fourth-order valence-corrected chi connectivity index (χ4v) is 7.06. The molecule has 3 aliphatic heterocycles. The highest BCUT2D eigenvalue weighted by Crippen LogP contribution is 2.36. The Kier molecular flexibility index (Phi) is 10.1. The number of nitrogens with one attached hydrogen (secondary N) is 1. The number of aliphatic hydroxyl groups excluding tert-OH is 1. The predicted molar refractivity (Wildman–Crippen MR) is 183 cm³/mol. The molecule has 10 nitrogen and oxygen atoms in total. The van der Waals surface area contributed by atoms with Crippen molar-refractivity contribution in [2.45, 2.75) is 44.2 Å². The molecule has 1 aromatic carbocycles. The van der Waals surface area contributed by atoms with Crippen LogP contribution in [-0.2, 0) is 16.2 Å². The maximum atomic E-state index is 15.4. The molecule has 1 aromatic heterocycles. The second kappa shape index (κ2) is 14.4. The number of benzene rings is 1. The summed E-state index contributed by atoms with van der Waals surface area (Å²) in [7, 11) is 5.49. The van der Waals surface area contributed by atoms with E-state index in [1.54, 1.807) is 35.2 Å². The van der Waals surface area contributed by atoms with Gasteiger partial charge < -0.3 is 30.0 Å². The average molecular weight is 662 g/mol. The zero-order chi connectivity index (χ0) is 33.9. The van der Waals surface area contributed by atoms with Crippen LogP contribution in [0.5, 0.6) is 0 Å². The van der Waals surface area contributed by atoms with Gasteiger partial charge in [0.1, 0.15) is 29.7 Å². The standard InChI is InChI=1S/C36H45F2N7O3/c1-41-11-13-44(22-28(41)19-37)27-9-10-34(39-20-27)40-31-16-25(21-43(3)35(31)47)29-17-26(38)18-32(30(29)23-46)45-14-12-42(2)33(36(45)48)15-24-7-5-4-6-8-24/h7,9-10,15-18,20,25,28,46H,4-6,8,11-14,19,21-23H2,1-3H3,(H,39,40)/b33-15-. The summed E-state index contributed by atoms with van der Waals surface area (Å²) in [5, 5.41) is 13.8. The quantitative estimate of drug-likeness (QED) is 0.410. The number of halogens is 2. The molecule has 2 aromatic rings. The molecular formula is C36H45F2N7O3. The number of alkyl halides is 1. The summed E-state index contributed by atoms with van der Waals surface area (Å²) >= 11 is 0. The lowest BCUT2D eigenvalue weighted by Crippen LogP contribution is -2.52. The molecule has 12 heteroatoms. The number of carbonyl (C=O) groups excluding carboxylic acids is 2. The van der Waals surface area contributed by atoms with Crippen LogP contribution in [0.4, 0.5) is 26.0 Å². The Morgan fingerprint density at radius 1 is 1.02 bits per heavy atom. The van der Waals surface area contributed by atoms with Crippen molar-refractivity contribution < 1.29 is 23.5 Å². The molecule has 0 radical (unpaired) electrons. The molecule has 0 spiro atoms. The largest absolute Gasteiger partial charge is 0.392 e. The summed E-state index contributed by atoms with van der Waals surface area (Å²) in [6.07, 6.45) is 11.7. The number of aliphatic hydroxyl groups is 1. The monoisotopic (exact) mass is 661 g/mol. The molecule has 2 N–H and O–H groups in total. The van der Waals surface area contributed by atoms with Gasteiger partial charge in [0.15, 0.2) is 0 Å². The van der Waals surface area contributed by atoms with Crippen molar-refractivity contribution in [3.63, 3.8) is 0 Å². The van der Waals surface area contributed by atoms with E-state index in [0.717, 1.165) is 50.0 Å². The normalized spacial score (nSPS) is 23.5. The number of hydrogen-bond donors (Lipinski definition) is 2. The van der Waals surface area contributed by atoms with Gasteiger partial charge in [-0.1, -0.05) is 6.08 Å². The summed E-state index contributed by atoms with van der Waals surface area (Å²) in [6, 6.07) is 6.21. The third-order valence-electron chi connectivity index (χ3n) is 10.0. The number of piperazine rings is 2. The van der Waals surface area contributed by atoms with Crippen molar-refractivity contribution >= 4 is 29.0 Å². The number of hydrogen-bond acceptors (Lipinski definition) is 8. The first kappa shape index (κ1) is 33.6. The van der Waals surface area contributed by atoms with Crippen LogP contribution in [0.25, 0.3) is 0 Å². The molecule has 0 saturated carbocycles. The Balaban J connectivity index is 1.26. The second-order valence-corrected chi connectivity index (χ2v) is 13.2. The van der Waals surface area contributed by atoms with Crippen molar-refractivity contribution in [3.8, 4) is 0 Å². The van der Waals surface area contributed by atoms with Crippen LogP contribution in [0.3, 0.4) is 0 Å². The number of aromatic nitrogens is 1. The lowest BCUT2D eigenvalue weighted by molar-refractivity contribution is -0.126. The summed E-state index contributed by atoms with van der Waals surface area (Å²) in [4.78, 5) is 40.8. The van der Waals surface area contributed by atoms with Crippen LogP contribution in [0.15, 0.2) is 65.7 Å². The molecule has 2 unspecified atom stereocenters. The van der Waals surface area contributed by atoms with Crippen LogP contribution < -0.4 is 15.1 Å². The first-order valence-corrected chi connectivity index (χ1v) is 16.7. The Hall–Kier alpha value is -4.29. The maximum absolute atomic E-state index is 15.4. The molecule has 256 valence electrons. The molecule has 2 atom stereocenters. The van der Waals surface area contributed by atoms with E-state index in [1.165, 1.54) is 12.1 Å². The molecule has 1 aliphatic carbocycles. The molecule has 48 heavy (non-hydrogen) atoms. The van der Waals surface area contributed by atoms with E-state index in [9.17, 15) is 19.1 Å². The van der Waals surface area contributed by atoms with Gasteiger partial charge in [0.2, 0.25) is 0 Å². The number of likely N-dealkylation sites (N-methyl/N-ethyl adjacent to an activating group) is 3. The minimum Gasteiger partial charge on any atom is -0.392 e. The van der Waals surface area contributed by atoms with Gasteiger partial charge >= 0.3 is 0 Å². The van der Waals surface area contributed by atoms with Gasteiger partial charge in [-0.2, -0.15) is 0 Å². The van der Waals surface area contributed by atoms with Gasteiger partial charge in [0.25, 0.3) is 11.8 Å².